The molecule has 0 aliphatic rings. The first kappa shape index (κ1) is 18.9. The molecule has 0 bridgehead atoms. The summed E-state index contributed by atoms with van der Waals surface area (Å²) >= 11 is 0. The zero-order valence-corrected chi connectivity index (χ0v) is 15.8. The number of allylic oxidation sites excluding steroid dienone is 2. The zero-order valence-electron chi connectivity index (χ0n) is 14.9. The Balaban J connectivity index is 5.01. The highest BCUT2D eigenvalue weighted by molar-refractivity contribution is 7.39. The van der Waals surface area contributed by atoms with Crippen LogP contribution >= 0.6 is 8.20 Å². The Morgan fingerprint density at radius 3 is 1.89 bits per heavy atom. The minimum absolute atomic E-state index is 0.259. The van der Waals surface area contributed by atoms with Gasteiger partial charge >= 0.3 is 0 Å². The van der Waals surface area contributed by atoms with Crippen molar-refractivity contribution in [1.82, 2.24) is 0 Å². The van der Waals surface area contributed by atoms with Gasteiger partial charge in [0.25, 0.3) is 0 Å². The number of hydrogen-bond donors (Lipinski definition) is 0. The highest BCUT2D eigenvalue weighted by atomic mass is 31.1. The van der Waals surface area contributed by atoms with Crippen LogP contribution in [0.15, 0.2) is 12.2 Å². The SMILES string of the molecule is C/P=C(/C)C(C)(C)C(C)(C)C(C)/C=C\CC(C)(C)C. The van der Waals surface area contributed by atoms with Crippen LogP contribution in [0.1, 0.15) is 68.7 Å². The van der Waals surface area contributed by atoms with E-state index in [1.54, 1.807) is 5.29 Å². The van der Waals surface area contributed by atoms with Gasteiger partial charge in [-0.25, -0.2) is 0 Å². The molecule has 0 aliphatic heterocycles. The topological polar surface area (TPSA) is 0 Å². The molecule has 0 rings (SSSR count). The minimum Gasteiger partial charge on any atom is -0.109 e. The average Bonchev–Trinajstić information content (AvgIpc) is 2.25. The molecule has 0 saturated heterocycles. The fourth-order valence-corrected chi connectivity index (χ4v) is 3.03. The van der Waals surface area contributed by atoms with Crippen LogP contribution in [0.4, 0.5) is 0 Å². The molecule has 1 unspecified atom stereocenters. The van der Waals surface area contributed by atoms with Crippen LogP contribution in [0, 0.1) is 22.2 Å². The van der Waals surface area contributed by atoms with Crippen LogP contribution in [-0.2, 0) is 0 Å². The van der Waals surface area contributed by atoms with Crippen LogP contribution in [-0.4, -0.2) is 12.0 Å². The monoisotopic (exact) mass is 282 g/mol. The maximum absolute atomic E-state index is 2.42. The molecule has 0 nitrogen and oxygen atoms in total. The van der Waals surface area contributed by atoms with E-state index in [2.05, 4.69) is 81.1 Å². The summed E-state index contributed by atoms with van der Waals surface area (Å²) in [5, 5.41) is 1.58. The predicted octanol–water partition coefficient (Wildman–Crippen LogP) is 6.44. The third kappa shape index (κ3) is 5.07. The van der Waals surface area contributed by atoms with E-state index in [1.807, 2.05) is 0 Å². The molecule has 0 amide bonds. The van der Waals surface area contributed by atoms with Crippen LogP contribution in [0.5, 0.6) is 0 Å². The van der Waals surface area contributed by atoms with Crippen molar-refractivity contribution in [2.45, 2.75) is 68.7 Å². The van der Waals surface area contributed by atoms with E-state index < -0.39 is 0 Å². The average molecular weight is 282 g/mol. The first-order valence-corrected chi connectivity index (χ1v) is 8.81. The summed E-state index contributed by atoms with van der Waals surface area (Å²) in [6, 6.07) is 0. The van der Waals surface area contributed by atoms with Gasteiger partial charge in [-0.15, -0.1) is 8.20 Å². The molecule has 0 spiro atoms. The summed E-state index contributed by atoms with van der Waals surface area (Å²) in [4.78, 5) is 0. The van der Waals surface area contributed by atoms with Gasteiger partial charge in [-0.05, 0) is 47.5 Å². The molecule has 0 aliphatic carbocycles. The van der Waals surface area contributed by atoms with Crippen LogP contribution in [0.25, 0.3) is 0 Å². The minimum atomic E-state index is 0.259. The van der Waals surface area contributed by atoms with E-state index in [4.69, 9.17) is 0 Å². The summed E-state index contributed by atoms with van der Waals surface area (Å²) in [7, 11) is 1.42. The van der Waals surface area contributed by atoms with E-state index in [1.165, 1.54) is 8.20 Å². The molecule has 0 N–H and O–H groups in total. The van der Waals surface area contributed by atoms with Crippen LogP contribution in [0.3, 0.4) is 0 Å². The molecular weight excluding hydrogens is 247 g/mol. The highest BCUT2D eigenvalue weighted by Crippen LogP contribution is 2.47. The fraction of sp³-hybridized carbons (Fsp3) is 0.833. The van der Waals surface area contributed by atoms with Crippen molar-refractivity contribution in [3.05, 3.63) is 12.2 Å². The van der Waals surface area contributed by atoms with E-state index >= 15 is 0 Å². The molecule has 0 heterocycles. The molecule has 0 aromatic rings. The molecule has 1 heteroatoms. The van der Waals surface area contributed by atoms with E-state index in [0.717, 1.165) is 6.42 Å². The molecule has 0 aromatic carbocycles. The Bertz CT molecular complexity index is 337. The molecule has 19 heavy (non-hydrogen) atoms. The Hall–Kier alpha value is -0.0900. The van der Waals surface area contributed by atoms with Crippen molar-refractivity contribution >= 4 is 13.5 Å². The lowest BCUT2D eigenvalue weighted by Gasteiger charge is -2.46. The lowest BCUT2D eigenvalue weighted by Crippen LogP contribution is -2.41. The van der Waals surface area contributed by atoms with Crippen molar-refractivity contribution in [1.29, 1.82) is 0 Å². The molecule has 0 aromatic heterocycles. The van der Waals surface area contributed by atoms with Crippen molar-refractivity contribution in [3.8, 4) is 0 Å². The fourth-order valence-electron chi connectivity index (χ4n) is 2.18. The van der Waals surface area contributed by atoms with E-state index in [-0.39, 0.29) is 10.8 Å². The van der Waals surface area contributed by atoms with Crippen molar-refractivity contribution in [3.63, 3.8) is 0 Å². The third-order valence-corrected chi connectivity index (χ3v) is 6.37. The summed E-state index contributed by atoms with van der Waals surface area (Å²) in [5.74, 6) is 0.585. The lowest BCUT2D eigenvalue weighted by molar-refractivity contribution is 0.135. The van der Waals surface area contributed by atoms with E-state index in [0.29, 0.717) is 11.3 Å². The largest absolute Gasteiger partial charge is 0.109 e. The molecular formula is C18H35P. The smallest absolute Gasteiger partial charge is 0.00478 e. The second-order valence-electron chi connectivity index (χ2n) is 8.14. The summed E-state index contributed by atoms with van der Waals surface area (Å²) in [6.07, 6.45) is 5.96. The molecule has 0 fully saturated rings. The van der Waals surface area contributed by atoms with Crippen molar-refractivity contribution in [2.24, 2.45) is 22.2 Å². The van der Waals surface area contributed by atoms with Gasteiger partial charge in [0.2, 0.25) is 0 Å². The van der Waals surface area contributed by atoms with Gasteiger partial charge < -0.3 is 0 Å². The molecule has 1 atom stereocenters. The maximum atomic E-state index is 2.42. The quantitative estimate of drug-likeness (QED) is 0.402. The second-order valence-corrected chi connectivity index (χ2v) is 9.26. The van der Waals surface area contributed by atoms with Gasteiger partial charge in [-0.3, -0.25) is 0 Å². The maximum Gasteiger partial charge on any atom is -0.00478 e. The van der Waals surface area contributed by atoms with Crippen molar-refractivity contribution < 1.29 is 0 Å². The summed E-state index contributed by atoms with van der Waals surface area (Å²) < 4.78 is 0. The Morgan fingerprint density at radius 1 is 1.05 bits per heavy atom. The van der Waals surface area contributed by atoms with Crippen LogP contribution < -0.4 is 0 Å². The summed E-state index contributed by atoms with van der Waals surface area (Å²) in [6.45, 7) is 23.4. The van der Waals surface area contributed by atoms with Gasteiger partial charge in [0.15, 0.2) is 0 Å². The standard InChI is InChI=1S/C18H35P/c1-14(12-11-13-16(3,4)5)17(6,7)18(8,9)15(2)19-10/h11-12,14H,13H2,1-10H3/b12-11-. The number of rotatable bonds is 5. The second kappa shape index (κ2) is 6.57. The Morgan fingerprint density at radius 2 is 1.53 bits per heavy atom. The molecule has 112 valence electrons. The lowest BCUT2D eigenvalue weighted by atomic mass is 9.60. The van der Waals surface area contributed by atoms with Gasteiger partial charge in [0.1, 0.15) is 0 Å². The highest BCUT2D eigenvalue weighted by Gasteiger charge is 2.41. The summed E-state index contributed by atoms with van der Waals surface area (Å²) in [5.41, 5.74) is 0.920. The Kier molecular flexibility index (Phi) is 6.54. The van der Waals surface area contributed by atoms with Gasteiger partial charge in [0.05, 0.1) is 0 Å². The van der Waals surface area contributed by atoms with Gasteiger partial charge in [-0.2, -0.15) is 0 Å². The zero-order chi connectivity index (χ0) is 15.5. The number of hydrogen-bond acceptors (Lipinski definition) is 0. The Labute approximate surface area is 123 Å². The van der Waals surface area contributed by atoms with Crippen LogP contribution in [0.2, 0.25) is 0 Å². The first-order valence-electron chi connectivity index (χ1n) is 7.47. The first-order chi connectivity index (χ1) is 8.36. The third-order valence-electron chi connectivity index (χ3n) is 5.14. The van der Waals surface area contributed by atoms with Gasteiger partial charge in [-0.1, -0.05) is 67.5 Å². The van der Waals surface area contributed by atoms with Crippen molar-refractivity contribution in [2.75, 3.05) is 6.66 Å². The molecule has 0 saturated carbocycles. The normalized spacial score (nSPS) is 17.1. The predicted molar refractivity (Wildman–Crippen MR) is 93.5 cm³/mol. The van der Waals surface area contributed by atoms with Gasteiger partial charge in [0, 0.05) is 0 Å². The van der Waals surface area contributed by atoms with E-state index in [9.17, 15) is 0 Å². The molecule has 0 radical (unpaired) electrons.